The predicted octanol–water partition coefficient (Wildman–Crippen LogP) is -0.396. The zero-order valence-electron chi connectivity index (χ0n) is 6.16. The van der Waals surface area contributed by atoms with Crippen molar-refractivity contribution in [3.8, 4) is 0 Å². The van der Waals surface area contributed by atoms with Crippen LogP contribution in [0.25, 0.3) is 0 Å². The van der Waals surface area contributed by atoms with Gasteiger partial charge in [-0.3, -0.25) is 4.79 Å². The zero-order chi connectivity index (χ0) is 8.27. The molecule has 0 radical (unpaired) electrons. The van der Waals surface area contributed by atoms with Crippen LogP contribution in [0.15, 0.2) is 11.6 Å². The Bertz CT molecular complexity index is 210. The van der Waals surface area contributed by atoms with Gasteiger partial charge in [0, 0.05) is 0 Å². The summed E-state index contributed by atoms with van der Waals surface area (Å²) in [6, 6.07) is -0.259. The summed E-state index contributed by atoms with van der Waals surface area (Å²) in [6.45, 7) is 1.98. The molecule has 0 bridgehead atoms. The maximum atomic E-state index is 10.8. The van der Waals surface area contributed by atoms with Crippen molar-refractivity contribution in [2.75, 3.05) is 6.61 Å². The number of carbonyl (C=O) groups is 2. The molecule has 0 aliphatic carbocycles. The first-order valence-electron chi connectivity index (χ1n) is 3.32. The SMILES string of the molecule is C/C=C1/C(=O)OCC1NC=O. The van der Waals surface area contributed by atoms with E-state index in [4.69, 9.17) is 4.74 Å². The second kappa shape index (κ2) is 3.18. The highest BCUT2D eigenvalue weighted by Gasteiger charge is 2.28. The van der Waals surface area contributed by atoms with Crippen LogP contribution in [-0.4, -0.2) is 25.0 Å². The van der Waals surface area contributed by atoms with E-state index in [9.17, 15) is 9.59 Å². The molecular weight excluding hydrogens is 146 g/mol. The third-order valence-corrected chi connectivity index (χ3v) is 1.57. The lowest BCUT2D eigenvalue weighted by molar-refractivity contribution is -0.135. The summed E-state index contributed by atoms with van der Waals surface area (Å²) in [5, 5.41) is 2.48. The average Bonchev–Trinajstić information content (AvgIpc) is 2.33. The summed E-state index contributed by atoms with van der Waals surface area (Å²) >= 11 is 0. The molecule has 0 aromatic rings. The van der Waals surface area contributed by atoms with Gasteiger partial charge in [0.1, 0.15) is 6.61 Å². The van der Waals surface area contributed by atoms with Crippen molar-refractivity contribution in [3.63, 3.8) is 0 Å². The van der Waals surface area contributed by atoms with Gasteiger partial charge in [-0.2, -0.15) is 0 Å². The largest absolute Gasteiger partial charge is 0.460 e. The molecule has 1 rings (SSSR count). The van der Waals surface area contributed by atoms with Crippen LogP contribution in [-0.2, 0) is 14.3 Å². The summed E-state index contributed by atoms with van der Waals surface area (Å²) in [7, 11) is 0. The molecule has 1 aliphatic heterocycles. The van der Waals surface area contributed by atoms with Crippen LogP contribution in [0.2, 0.25) is 0 Å². The lowest BCUT2D eigenvalue weighted by atomic mass is 10.1. The van der Waals surface area contributed by atoms with Gasteiger partial charge >= 0.3 is 5.97 Å². The minimum Gasteiger partial charge on any atom is -0.460 e. The van der Waals surface area contributed by atoms with Crippen LogP contribution >= 0.6 is 0 Å². The van der Waals surface area contributed by atoms with Crippen molar-refractivity contribution in [2.45, 2.75) is 13.0 Å². The van der Waals surface area contributed by atoms with E-state index in [0.717, 1.165) is 0 Å². The molecule has 1 unspecified atom stereocenters. The zero-order valence-corrected chi connectivity index (χ0v) is 6.16. The van der Waals surface area contributed by atoms with Gasteiger partial charge in [0.25, 0.3) is 0 Å². The molecule has 1 aliphatic rings. The maximum Gasteiger partial charge on any atom is 0.335 e. The Hall–Kier alpha value is -1.32. The Balaban J connectivity index is 2.69. The molecular formula is C7H9NO3. The molecule has 4 nitrogen and oxygen atoms in total. The van der Waals surface area contributed by atoms with Gasteiger partial charge in [0.15, 0.2) is 0 Å². The molecule has 1 heterocycles. The van der Waals surface area contributed by atoms with Gasteiger partial charge in [-0.15, -0.1) is 0 Å². The Labute approximate surface area is 64.2 Å². The minimum absolute atomic E-state index is 0.247. The second-order valence-electron chi connectivity index (χ2n) is 2.18. The molecule has 0 aromatic carbocycles. The fourth-order valence-electron chi connectivity index (χ4n) is 1.01. The highest BCUT2D eigenvalue weighted by molar-refractivity contribution is 5.92. The third kappa shape index (κ3) is 1.39. The van der Waals surface area contributed by atoms with Crippen molar-refractivity contribution < 1.29 is 14.3 Å². The molecule has 0 saturated carbocycles. The van der Waals surface area contributed by atoms with Crippen molar-refractivity contribution >= 4 is 12.4 Å². The van der Waals surface area contributed by atoms with E-state index in [1.165, 1.54) is 0 Å². The second-order valence-corrected chi connectivity index (χ2v) is 2.18. The quantitative estimate of drug-likeness (QED) is 0.335. The summed E-state index contributed by atoms with van der Waals surface area (Å²) in [4.78, 5) is 20.9. The lowest BCUT2D eigenvalue weighted by Gasteiger charge is -2.03. The van der Waals surface area contributed by atoms with Crippen LogP contribution in [0.4, 0.5) is 0 Å². The van der Waals surface area contributed by atoms with Crippen LogP contribution in [0.3, 0.4) is 0 Å². The number of cyclic esters (lactones) is 1. The number of carbonyl (C=O) groups excluding carboxylic acids is 2. The van der Waals surface area contributed by atoms with Crippen molar-refractivity contribution in [1.29, 1.82) is 0 Å². The normalized spacial score (nSPS) is 26.8. The molecule has 0 spiro atoms. The Morgan fingerprint density at radius 3 is 3.00 bits per heavy atom. The number of nitrogens with one attached hydrogen (secondary N) is 1. The van der Waals surface area contributed by atoms with Crippen LogP contribution in [0.5, 0.6) is 0 Å². The van der Waals surface area contributed by atoms with E-state index >= 15 is 0 Å². The highest BCUT2D eigenvalue weighted by Crippen LogP contribution is 2.12. The number of ether oxygens (including phenoxy) is 1. The Morgan fingerprint density at radius 1 is 1.73 bits per heavy atom. The smallest absolute Gasteiger partial charge is 0.335 e. The van der Waals surface area contributed by atoms with Crippen LogP contribution in [0, 0.1) is 0 Å². The Morgan fingerprint density at radius 2 is 2.45 bits per heavy atom. The Kier molecular flexibility index (Phi) is 2.25. The number of allylic oxidation sites excluding steroid dienone is 1. The number of hydrogen-bond donors (Lipinski definition) is 1. The average molecular weight is 155 g/mol. The molecule has 11 heavy (non-hydrogen) atoms. The van der Waals surface area contributed by atoms with E-state index in [2.05, 4.69) is 5.32 Å². The minimum atomic E-state index is -0.341. The van der Waals surface area contributed by atoms with Gasteiger partial charge in [-0.25, -0.2) is 4.79 Å². The van der Waals surface area contributed by atoms with Gasteiger partial charge in [0.05, 0.1) is 11.6 Å². The number of esters is 1. The summed E-state index contributed by atoms with van der Waals surface area (Å²) in [5.41, 5.74) is 0.525. The molecule has 1 atom stereocenters. The molecule has 1 N–H and O–H groups in total. The highest BCUT2D eigenvalue weighted by atomic mass is 16.5. The predicted molar refractivity (Wildman–Crippen MR) is 37.7 cm³/mol. The molecule has 0 aromatic heterocycles. The van der Waals surface area contributed by atoms with Crippen molar-refractivity contribution in [2.24, 2.45) is 0 Å². The van der Waals surface area contributed by atoms with Crippen LogP contribution < -0.4 is 5.32 Å². The number of rotatable bonds is 2. The van der Waals surface area contributed by atoms with Gasteiger partial charge in [-0.05, 0) is 6.92 Å². The maximum absolute atomic E-state index is 10.8. The summed E-state index contributed by atoms with van der Waals surface area (Å²) in [6.07, 6.45) is 2.21. The van der Waals surface area contributed by atoms with Crippen molar-refractivity contribution in [1.82, 2.24) is 5.32 Å². The van der Waals surface area contributed by atoms with Gasteiger partial charge in [0.2, 0.25) is 6.41 Å². The first-order valence-corrected chi connectivity index (χ1v) is 3.32. The van der Waals surface area contributed by atoms with E-state index in [-0.39, 0.29) is 18.6 Å². The molecule has 1 amide bonds. The fraction of sp³-hybridized carbons (Fsp3) is 0.429. The number of amides is 1. The lowest BCUT2D eigenvalue weighted by Crippen LogP contribution is -2.29. The topological polar surface area (TPSA) is 55.4 Å². The molecule has 60 valence electrons. The monoisotopic (exact) mass is 155 g/mol. The van der Waals surface area contributed by atoms with Gasteiger partial charge in [-0.1, -0.05) is 6.08 Å². The fourth-order valence-corrected chi connectivity index (χ4v) is 1.01. The first kappa shape index (κ1) is 7.78. The van der Waals surface area contributed by atoms with E-state index in [1.54, 1.807) is 13.0 Å². The van der Waals surface area contributed by atoms with Crippen molar-refractivity contribution in [3.05, 3.63) is 11.6 Å². The summed E-state index contributed by atoms with van der Waals surface area (Å²) in [5.74, 6) is -0.341. The van der Waals surface area contributed by atoms with Gasteiger partial charge < -0.3 is 10.1 Å². The van der Waals surface area contributed by atoms with E-state index < -0.39 is 0 Å². The van der Waals surface area contributed by atoms with Crippen LogP contribution in [0.1, 0.15) is 6.92 Å². The third-order valence-electron chi connectivity index (χ3n) is 1.57. The number of hydrogen-bond acceptors (Lipinski definition) is 3. The molecule has 1 fully saturated rings. The first-order chi connectivity index (χ1) is 5.29. The van der Waals surface area contributed by atoms with E-state index in [1.807, 2.05) is 0 Å². The summed E-state index contributed by atoms with van der Waals surface area (Å²) < 4.78 is 4.69. The molecule has 1 saturated heterocycles. The molecule has 4 heteroatoms. The standard InChI is InChI=1S/C7H9NO3/c1-2-5-6(8-4-9)3-11-7(5)10/h2,4,6H,3H2,1H3,(H,8,9)/b5-2+. The van der Waals surface area contributed by atoms with E-state index in [0.29, 0.717) is 12.0 Å².